The van der Waals surface area contributed by atoms with Crippen LogP contribution in [0.25, 0.3) is 11.1 Å². The van der Waals surface area contributed by atoms with Crippen LogP contribution in [-0.2, 0) is 11.2 Å². The van der Waals surface area contributed by atoms with E-state index in [0.717, 1.165) is 22.4 Å². The lowest BCUT2D eigenvalue weighted by atomic mass is 10.1. The van der Waals surface area contributed by atoms with Crippen LogP contribution < -0.4 is 4.90 Å². The number of anilines is 1. The number of aromatic nitrogens is 1. The Hall–Kier alpha value is -1.84. The van der Waals surface area contributed by atoms with Crippen molar-refractivity contribution in [3.63, 3.8) is 0 Å². The van der Waals surface area contributed by atoms with Crippen molar-refractivity contribution in [3.8, 4) is 0 Å². The average molecular weight is 216 g/mol. The standard InChI is InChI=1S/C12H12N2O2/c1-3-14-10-6-9-11(16-7(2)13-9)4-8(10)5-12(14)15/h4,6H,3,5H2,1-2H3. The number of fused-ring (bicyclic) bond motifs is 2. The maximum atomic E-state index is 11.7. The third-order valence-electron chi connectivity index (χ3n) is 2.95. The number of carbonyl (C=O) groups excluding carboxylic acids is 1. The predicted octanol–water partition coefficient (Wildman–Crippen LogP) is 2.05. The lowest BCUT2D eigenvalue weighted by Gasteiger charge is -2.13. The molecular formula is C12H12N2O2. The first-order valence-electron chi connectivity index (χ1n) is 5.39. The first kappa shape index (κ1) is 9.39. The van der Waals surface area contributed by atoms with Gasteiger partial charge in [-0.3, -0.25) is 4.79 Å². The first-order chi connectivity index (χ1) is 7.69. The minimum absolute atomic E-state index is 0.155. The Balaban J connectivity index is 2.24. The third-order valence-corrected chi connectivity index (χ3v) is 2.95. The molecule has 1 aliphatic heterocycles. The molecule has 0 fully saturated rings. The van der Waals surface area contributed by atoms with Crippen molar-refractivity contribution < 1.29 is 9.21 Å². The van der Waals surface area contributed by atoms with Gasteiger partial charge in [0.15, 0.2) is 11.5 Å². The Kier molecular flexibility index (Phi) is 1.80. The molecule has 0 saturated heterocycles. The van der Waals surface area contributed by atoms with Crippen LogP contribution in [0.5, 0.6) is 0 Å². The lowest BCUT2D eigenvalue weighted by molar-refractivity contribution is -0.117. The van der Waals surface area contributed by atoms with Crippen molar-refractivity contribution in [1.29, 1.82) is 0 Å². The van der Waals surface area contributed by atoms with Crippen LogP contribution in [-0.4, -0.2) is 17.4 Å². The van der Waals surface area contributed by atoms with Gasteiger partial charge in [0.25, 0.3) is 0 Å². The molecule has 2 aromatic rings. The highest BCUT2D eigenvalue weighted by molar-refractivity contribution is 6.03. The molecule has 0 bridgehead atoms. The molecule has 1 amide bonds. The summed E-state index contributed by atoms with van der Waals surface area (Å²) in [6, 6.07) is 3.87. The Bertz CT molecular complexity index is 586. The Labute approximate surface area is 92.9 Å². The second kappa shape index (κ2) is 3.07. The topological polar surface area (TPSA) is 46.3 Å². The molecular weight excluding hydrogens is 204 g/mol. The number of nitrogens with zero attached hydrogens (tertiary/aromatic N) is 2. The van der Waals surface area contributed by atoms with Gasteiger partial charge < -0.3 is 9.32 Å². The second-order valence-corrected chi connectivity index (χ2v) is 4.00. The van der Waals surface area contributed by atoms with Gasteiger partial charge in [0.05, 0.1) is 6.42 Å². The van der Waals surface area contributed by atoms with Gasteiger partial charge in [-0.2, -0.15) is 0 Å². The first-order valence-corrected chi connectivity index (χ1v) is 5.39. The van der Waals surface area contributed by atoms with E-state index in [9.17, 15) is 4.79 Å². The van der Waals surface area contributed by atoms with Crippen LogP contribution in [0.3, 0.4) is 0 Å². The Morgan fingerprint density at radius 2 is 2.31 bits per heavy atom. The van der Waals surface area contributed by atoms with Crippen LogP contribution in [0.1, 0.15) is 18.4 Å². The summed E-state index contributed by atoms with van der Waals surface area (Å²) < 4.78 is 5.46. The van der Waals surface area contributed by atoms with E-state index >= 15 is 0 Å². The van der Waals surface area contributed by atoms with Gasteiger partial charge in [0.2, 0.25) is 5.91 Å². The summed E-state index contributed by atoms with van der Waals surface area (Å²) in [5.74, 6) is 0.815. The van der Waals surface area contributed by atoms with Crippen LogP contribution >= 0.6 is 0 Å². The number of carbonyl (C=O) groups is 1. The lowest BCUT2D eigenvalue weighted by Crippen LogP contribution is -2.25. The van der Waals surface area contributed by atoms with Gasteiger partial charge >= 0.3 is 0 Å². The average Bonchev–Trinajstić information content (AvgIpc) is 2.71. The number of amides is 1. The zero-order chi connectivity index (χ0) is 11.3. The van der Waals surface area contributed by atoms with E-state index in [2.05, 4.69) is 4.98 Å². The van der Waals surface area contributed by atoms with Crippen LogP contribution in [0.15, 0.2) is 16.5 Å². The molecule has 0 atom stereocenters. The fourth-order valence-corrected chi connectivity index (χ4v) is 2.25. The van der Waals surface area contributed by atoms with Crippen molar-refractivity contribution in [3.05, 3.63) is 23.6 Å². The van der Waals surface area contributed by atoms with Crippen LogP contribution in [0.4, 0.5) is 5.69 Å². The summed E-state index contributed by atoms with van der Waals surface area (Å²) in [6.07, 6.45) is 0.471. The molecule has 0 unspecified atom stereocenters. The summed E-state index contributed by atoms with van der Waals surface area (Å²) in [5, 5.41) is 0. The van der Waals surface area contributed by atoms with E-state index in [1.807, 2.05) is 26.0 Å². The van der Waals surface area contributed by atoms with E-state index < -0.39 is 0 Å². The van der Waals surface area contributed by atoms with Crippen molar-refractivity contribution in [2.24, 2.45) is 0 Å². The largest absolute Gasteiger partial charge is 0.441 e. The molecule has 82 valence electrons. The Morgan fingerprint density at radius 1 is 1.50 bits per heavy atom. The minimum Gasteiger partial charge on any atom is -0.441 e. The molecule has 0 N–H and O–H groups in total. The maximum Gasteiger partial charge on any atom is 0.231 e. The molecule has 4 nitrogen and oxygen atoms in total. The van der Waals surface area contributed by atoms with Gasteiger partial charge in [-0.05, 0) is 24.6 Å². The van der Waals surface area contributed by atoms with Gasteiger partial charge in [0.1, 0.15) is 5.52 Å². The van der Waals surface area contributed by atoms with E-state index in [1.165, 1.54) is 0 Å². The number of likely N-dealkylation sites (N-methyl/N-ethyl adjacent to an activating group) is 1. The third kappa shape index (κ3) is 1.16. The van der Waals surface area contributed by atoms with Gasteiger partial charge in [0, 0.05) is 19.2 Å². The normalized spacial score (nSPS) is 14.9. The summed E-state index contributed by atoms with van der Waals surface area (Å²) in [4.78, 5) is 17.8. The highest BCUT2D eigenvalue weighted by Crippen LogP contribution is 2.32. The molecule has 3 rings (SSSR count). The van der Waals surface area contributed by atoms with Gasteiger partial charge in [-0.1, -0.05) is 0 Å². The number of hydrogen-bond donors (Lipinski definition) is 0. The number of rotatable bonds is 1. The van der Waals surface area contributed by atoms with E-state index in [4.69, 9.17) is 4.42 Å². The smallest absolute Gasteiger partial charge is 0.231 e. The SMILES string of the molecule is CCN1C(=O)Cc2cc3oc(C)nc3cc21. The molecule has 0 spiro atoms. The highest BCUT2D eigenvalue weighted by atomic mass is 16.3. The monoisotopic (exact) mass is 216 g/mol. The van der Waals surface area contributed by atoms with Crippen LogP contribution in [0.2, 0.25) is 0 Å². The predicted molar refractivity (Wildman–Crippen MR) is 60.5 cm³/mol. The summed E-state index contributed by atoms with van der Waals surface area (Å²) in [7, 11) is 0. The van der Waals surface area contributed by atoms with Crippen molar-refractivity contribution >= 4 is 22.7 Å². The molecule has 2 heterocycles. The fourth-order valence-electron chi connectivity index (χ4n) is 2.25. The minimum atomic E-state index is 0.155. The van der Waals surface area contributed by atoms with Gasteiger partial charge in [-0.15, -0.1) is 0 Å². The van der Waals surface area contributed by atoms with E-state index in [1.54, 1.807) is 4.90 Å². The zero-order valence-electron chi connectivity index (χ0n) is 9.28. The number of oxazole rings is 1. The number of benzene rings is 1. The molecule has 1 aromatic carbocycles. The number of aryl methyl sites for hydroxylation is 1. The van der Waals surface area contributed by atoms with E-state index in [0.29, 0.717) is 18.9 Å². The fraction of sp³-hybridized carbons (Fsp3) is 0.333. The Morgan fingerprint density at radius 3 is 3.06 bits per heavy atom. The number of hydrogen-bond acceptors (Lipinski definition) is 3. The summed E-state index contributed by atoms with van der Waals surface area (Å²) >= 11 is 0. The molecule has 0 aliphatic carbocycles. The van der Waals surface area contributed by atoms with E-state index in [-0.39, 0.29) is 5.91 Å². The summed E-state index contributed by atoms with van der Waals surface area (Å²) in [6.45, 7) is 4.51. The zero-order valence-corrected chi connectivity index (χ0v) is 9.28. The molecule has 0 saturated carbocycles. The molecule has 1 aromatic heterocycles. The maximum absolute atomic E-state index is 11.7. The van der Waals surface area contributed by atoms with Gasteiger partial charge in [-0.25, -0.2) is 4.98 Å². The van der Waals surface area contributed by atoms with Crippen LogP contribution in [0, 0.1) is 6.92 Å². The quantitative estimate of drug-likeness (QED) is 0.732. The molecule has 1 aliphatic rings. The molecule has 16 heavy (non-hydrogen) atoms. The molecule has 0 radical (unpaired) electrons. The van der Waals surface area contributed by atoms with Crippen molar-refractivity contribution in [2.45, 2.75) is 20.3 Å². The van der Waals surface area contributed by atoms with Crippen molar-refractivity contribution in [2.75, 3.05) is 11.4 Å². The molecule has 4 heteroatoms. The highest BCUT2D eigenvalue weighted by Gasteiger charge is 2.27. The summed E-state index contributed by atoms with van der Waals surface area (Å²) in [5.41, 5.74) is 3.61. The van der Waals surface area contributed by atoms with Crippen molar-refractivity contribution in [1.82, 2.24) is 4.98 Å². The second-order valence-electron chi connectivity index (χ2n) is 4.00.